The monoisotopic (exact) mass is 209 g/mol. The number of terminal acetylenes is 1. The standard InChI is InChI=1S/C11H15NO3/c1-2-3-4-8-12-9(13)11(10(14)15)6-5-7-11/h1H,3-8H2,(H,12,13)(H,14,15). The van der Waals surface area contributed by atoms with E-state index in [1.807, 2.05) is 0 Å². The zero-order valence-electron chi connectivity index (χ0n) is 8.58. The molecule has 0 atom stereocenters. The van der Waals surface area contributed by atoms with E-state index < -0.39 is 11.4 Å². The highest BCUT2D eigenvalue weighted by molar-refractivity contribution is 6.02. The molecule has 2 N–H and O–H groups in total. The number of carbonyl (C=O) groups is 2. The third kappa shape index (κ3) is 2.30. The van der Waals surface area contributed by atoms with Gasteiger partial charge in [0.25, 0.3) is 0 Å². The molecule has 82 valence electrons. The van der Waals surface area contributed by atoms with Crippen LogP contribution in [0.1, 0.15) is 32.1 Å². The van der Waals surface area contributed by atoms with Crippen molar-refractivity contribution in [2.24, 2.45) is 5.41 Å². The molecule has 0 aromatic carbocycles. The molecule has 1 saturated carbocycles. The number of hydrogen-bond acceptors (Lipinski definition) is 2. The van der Waals surface area contributed by atoms with Crippen molar-refractivity contribution in [1.82, 2.24) is 5.32 Å². The molecule has 4 heteroatoms. The van der Waals surface area contributed by atoms with Crippen molar-refractivity contribution in [3.05, 3.63) is 0 Å². The minimum atomic E-state index is -1.16. The van der Waals surface area contributed by atoms with Gasteiger partial charge >= 0.3 is 5.97 Å². The fourth-order valence-corrected chi connectivity index (χ4v) is 1.63. The number of amides is 1. The van der Waals surface area contributed by atoms with Crippen LogP contribution in [0, 0.1) is 17.8 Å². The van der Waals surface area contributed by atoms with Gasteiger partial charge in [0.1, 0.15) is 5.41 Å². The lowest BCUT2D eigenvalue weighted by Gasteiger charge is -2.35. The molecule has 1 aliphatic carbocycles. The average Bonchev–Trinajstić information content (AvgIpc) is 2.10. The van der Waals surface area contributed by atoms with Crippen molar-refractivity contribution in [2.45, 2.75) is 32.1 Å². The highest BCUT2D eigenvalue weighted by atomic mass is 16.4. The van der Waals surface area contributed by atoms with Gasteiger partial charge in [0.05, 0.1) is 0 Å². The molecule has 1 aliphatic rings. The van der Waals surface area contributed by atoms with E-state index in [4.69, 9.17) is 11.5 Å². The molecule has 0 unspecified atom stereocenters. The molecule has 1 fully saturated rings. The van der Waals surface area contributed by atoms with Crippen molar-refractivity contribution < 1.29 is 14.7 Å². The topological polar surface area (TPSA) is 66.4 Å². The third-order valence-electron chi connectivity index (χ3n) is 2.83. The van der Waals surface area contributed by atoms with Gasteiger partial charge in [0.15, 0.2) is 0 Å². The molecule has 0 heterocycles. The van der Waals surface area contributed by atoms with Gasteiger partial charge in [-0.2, -0.15) is 0 Å². The zero-order chi connectivity index (χ0) is 11.3. The summed E-state index contributed by atoms with van der Waals surface area (Å²) in [6.07, 6.45) is 8.05. The number of unbranched alkanes of at least 4 members (excludes halogenated alkanes) is 1. The summed E-state index contributed by atoms with van der Waals surface area (Å²) in [5.41, 5.74) is -1.16. The van der Waals surface area contributed by atoms with E-state index >= 15 is 0 Å². The minimum absolute atomic E-state index is 0.363. The number of carboxylic acid groups (broad SMARTS) is 1. The maximum absolute atomic E-state index is 11.6. The molecule has 1 amide bonds. The van der Waals surface area contributed by atoms with Gasteiger partial charge < -0.3 is 10.4 Å². The molecule has 1 rings (SSSR count). The summed E-state index contributed by atoms with van der Waals surface area (Å²) in [5, 5.41) is 11.6. The second-order valence-electron chi connectivity index (χ2n) is 3.80. The predicted octanol–water partition coefficient (Wildman–Crippen LogP) is 0.771. The fraction of sp³-hybridized carbons (Fsp3) is 0.636. The third-order valence-corrected chi connectivity index (χ3v) is 2.83. The lowest BCUT2D eigenvalue weighted by Crippen LogP contribution is -2.51. The molecule has 0 aromatic rings. The number of carboxylic acids is 1. The molecular weight excluding hydrogens is 194 g/mol. The van der Waals surface area contributed by atoms with E-state index in [0.29, 0.717) is 32.2 Å². The predicted molar refractivity (Wildman–Crippen MR) is 55.0 cm³/mol. The quantitative estimate of drug-likeness (QED) is 0.399. The van der Waals surface area contributed by atoms with Crippen molar-refractivity contribution in [2.75, 3.05) is 6.54 Å². The van der Waals surface area contributed by atoms with Gasteiger partial charge in [0, 0.05) is 13.0 Å². The Labute approximate surface area is 89.0 Å². The van der Waals surface area contributed by atoms with Crippen LogP contribution in [-0.2, 0) is 9.59 Å². The van der Waals surface area contributed by atoms with Crippen LogP contribution in [-0.4, -0.2) is 23.5 Å². The molecule has 0 radical (unpaired) electrons. The van der Waals surface area contributed by atoms with Crippen molar-refractivity contribution in [3.8, 4) is 12.3 Å². The summed E-state index contributed by atoms with van der Waals surface area (Å²) in [7, 11) is 0. The first kappa shape index (κ1) is 11.6. The Morgan fingerprint density at radius 2 is 2.13 bits per heavy atom. The smallest absolute Gasteiger partial charge is 0.319 e. The number of aliphatic carboxylic acids is 1. The van der Waals surface area contributed by atoms with E-state index in [1.54, 1.807) is 0 Å². The van der Waals surface area contributed by atoms with Crippen LogP contribution in [0.3, 0.4) is 0 Å². The Morgan fingerprint density at radius 1 is 1.47 bits per heavy atom. The Balaban J connectivity index is 2.39. The van der Waals surface area contributed by atoms with Crippen LogP contribution in [0.25, 0.3) is 0 Å². The maximum atomic E-state index is 11.6. The van der Waals surface area contributed by atoms with E-state index in [1.165, 1.54) is 0 Å². The largest absolute Gasteiger partial charge is 0.480 e. The van der Waals surface area contributed by atoms with Crippen LogP contribution < -0.4 is 5.32 Å². The molecule has 0 bridgehead atoms. The Morgan fingerprint density at radius 3 is 2.53 bits per heavy atom. The highest BCUT2D eigenvalue weighted by Gasteiger charge is 2.50. The molecule has 0 aromatic heterocycles. The van der Waals surface area contributed by atoms with Gasteiger partial charge in [-0.25, -0.2) is 0 Å². The number of hydrogen-bond donors (Lipinski definition) is 2. The molecule has 4 nitrogen and oxygen atoms in total. The summed E-state index contributed by atoms with van der Waals surface area (Å²) >= 11 is 0. The molecule has 0 aliphatic heterocycles. The number of carbonyl (C=O) groups excluding carboxylic acids is 1. The van der Waals surface area contributed by atoms with Crippen molar-refractivity contribution in [3.63, 3.8) is 0 Å². The van der Waals surface area contributed by atoms with Crippen LogP contribution in [0.5, 0.6) is 0 Å². The molecule has 0 spiro atoms. The second kappa shape index (κ2) is 4.83. The first-order valence-corrected chi connectivity index (χ1v) is 5.08. The number of nitrogens with one attached hydrogen (secondary N) is 1. The van der Waals surface area contributed by atoms with Gasteiger partial charge in [-0.3, -0.25) is 9.59 Å². The van der Waals surface area contributed by atoms with Crippen LogP contribution in [0.2, 0.25) is 0 Å². The maximum Gasteiger partial charge on any atom is 0.319 e. The van der Waals surface area contributed by atoms with Crippen LogP contribution in [0.15, 0.2) is 0 Å². The first-order valence-electron chi connectivity index (χ1n) is 5.08. The lowest BCUT2D eigenvalue weighted by molar-refractivity contribution is -0.162. The summed E-state index contributed by atoms with van der Waals surface area (Å²) in [4.78, 5) is 22.5. The van der Waals surface area contributed by atoms with Crippen molar-refractivity contribution >= 4 is 11.9 Å². The van der Waals surface area contributed by atoms with E-state index in [2.05, 4.69) is 11.2 Å². The summed E-state index contributed by atoms with van der Waals surface area (Å²) in [6.45, 7) is 0.456. The fourth-order valence-electron chi connectivity index (χ4n) is 1.63. The first-order chi connectivity index (χ1) is 7.13. The summed E-state index contributed by atoms with van der Waals surface area (Å²) in [5.74, 6) is 1.09. The van der Waals surface area contributed by atoms with Gasteiger partial charge in [-0.1, -0.05) is 6.42 Å². The second-order valence-corrected chi connectivity index (χ2v) is 3.80. The van der Waals surface area contributed by atoms with E-state index in [9.17, 15) is 9.59 Å². The average molecular weight is 209 g/mol. The van der Waals surface area contributed by atoms with Crippen LogP contribution in [0.4, 0.5) is 0 Å². The molecule has 0 saturated heterocycles. The van der Waals surface area contributed by atoms with E-state index in [0.717, 1.165) is 6.42 Å². The Bertz CT molecular complexity index is 299. The van der Waals surface area contributed by atoms with Crippen molar-refractivity contribution in [1.29, 1.82) is 0 Å². The van der Waals surface area contributed by atoms with Gasteiger partial charge in [-0.05, 0) is 19.3 Å². The minimum Gasteiger partial charge on any atom is -0.480 e. The Hall–Kier alpha value is -1.50. The highest BCUT2D eigenvalue weighted by Crippen LogP contribution is 2.41. The zero-order valence-corrected chi connectivity index (χ0v) is 8.58. The van der Waals surface area contributed by atoms with E-state index in [-0.39, 0.29) is 5.91 Å². The lowest BCUT2D eigenvalue weighted by atomic mass is 9.68. The normalized spacial score (nSPS) is 17.3. The van der Waals surface area contributed by atoms with Gasteiger partial charge in [0.2, 0.25) is 5.91 Å². The SMILES string of the molecule is C#CCCCNC(=O)C1(C(=O)O)CCC1. The van der Waals surface area contributed by atoms with Crippen LogP contribution >= 0.6 is 0 Å². The molecule has 15 heavy (non-hydrogen) atoms. The summed E-state index contributed by atoms with van der Waals surface area (Å²) < 4.78 is 0. The van der Waals surface area contributed by atoms with Gasteiger partial charge in [-0.15, -0.1) is 12.3 Å². The summed E-state index contributed by atoms with van der Waals surface area (Å²) in [6, 6.07) is 0. The molecular formula is C11H15NO3. The Kier molecular flexibility index (Phi) is 3.73. The number of rotatable bonds is 5.